The highest BCUT2D eigenvalue weighted by atomic mass is 32.2. The van der Waals surface area contributed by atoms with Gasteiger partial charge in [0, 0.05) is 50.0 Å². The quantitative estimate of drug-likeness (QED) is 0.337. The monoisotopic (exact) mass is 456 g/mol. The van der Waals surface area contributed by atoms with Gasteiger partial charge in [-0.25, -0.2) is 4.98 Å². The van der Waals surface area contributed by atoms with E-state index in [2.05, 4.69) is 34.3 Å². The number of carbonyl (C=O) groups excluding carboxylic acids is 1. The lowest BCUT2D eigenvalue weighted by molar-refractivity contribution is -0.121. The maximum atomic E-state index is 12.9. The Morgan fingerprint density at radius 1 is 1.19 bits per heavy atom. The van der Waals surface area contributed by atoms with Crippen molar-refractivity contribution in [1.29, 1.82) is 0 Å². The highest BCUT2D eigenvalue weighted by Gasteiger charge is 2.14. The molecule has 1 aromatic heterocycles. The number of rotatable bonds is 10. The van der Waals surface area contributed by atoms with Crippen LogP contribution in [0.15, 0.2) is 34.2 Å². The molecule has 1 aromatic carbocycles. The van der Waals surface area contributed by atoms with Crippen LogP contribution in [0.3, 0.4) is 0 Å². The summed E-state index contributed by atoms with van der Waals surface area (Å²) in [6.07, 6.45) is 5.74. The summed E-state index contributed by atoms with van der Waals surface area (Å²) in [4.78, 5) is 32.2. The van der Waals surface area contributed by atoms with E-state index in [0.29, 0.717) is 18.0 Å². The average molecular weight is 457 g/mol. The Kier molecular flexibility index (Phi) is 9.36. The third-order valence-corrected chi connectivity index (χ3v) is 7.11. The lowest BCUT2D eigenvalue weighted by Gasteiger charge is -2.26. The summed E-state index contributed by atoms with van der Waals surface area (Å²) in [6.45, 7) is 7.95. The van der Waals surface area contributed by atoms with E-state index < -0.39 is 0 Å². The van der Waals surface area contributed by atoms with E-state index in [0.717, 1.165) is 55.2 Å². The van der Waals surface area contributed by atoms with Gasteiger partial charge in [-0.3, -0.25) is 14.2 Å². The molecule has 1 amide bonds. The minimum Gasteiger partial charge on any atom is -0.355 e. The topological polar surface area (TPSA) is 67.2 Å². The third kappa shape index (κ3) is 7.20. The fourth-order valence-electron chi connectivity index (χ4n) is 4.11. The molecule has 0 atom stereocenters. The van der Waals surface area contributed by atoms with Crippen LogP contribution in [0.5, 0.6) is 0 Å². The van der Waals surface area contributed by atoms with Crippen LogP contribution in [0.4, 0.5) is 0 Å². The standard InChI is InChI=1S/C25H36N4O2S/c1-19-9-7-10-21(17-19)18-22-20(2)27-25(28(3)24(22)31)32-16-8-11-23(30)26-12-15-29-13-5-4-6-14-29/h7,9-10,17H,4-6,8,11-16,18H2,1-3H3,(H,26,30). The van der Waals surface area contributed by atoms with Crippen LogP contribution < -0.4 is 10.9 Å². The van der Waals surface area contributed by atoms with Crippen molar-refractivity contribution in [3.05, 3.63) is 57.0 Å². The van der Waals surface area contributed by atoms with E-state index in [1.807, 2.05) is 19.1 Å². The van der Waals surface area contributed by atoms with Crippen LogP contribution in [-0.4, -0.2) is 52.3 Å². The van der Waals surface area contributed by atoms with Crippen LogP contribution in [0.25, 0.3) is 0 Å². The first-order valence-electron chi connectivity index (χ1n) is 11.7. The minimum atomic E-state index is 0.0111. The normalized spacial score (nSPS) is 14.5. The molecule has 1 fully saturated rings. The smallest absolute Gasteiger partial charge is 0.257 e. The molecule has 1 aliphatic rings. The third-order valence-electron chi connectivity index (χ3n) is 5.99. The zero-order valence-corrected chi connectivity index (χ0v) is 20.5. The van der Waals surface area contributed by atoms with Gasteiger partial charge in [-0.15, -0.1) is 0 Å². The number of likely N-dealkylation sites (tertiary alicyclic amines) is 1. The number of piperidine rings is 1. The van der Waals surface area contributed by atoms with Crippen LogP contribution in [0, 0.1) is 13.8 Å². The molecular formula is C25H36N4O2S. The zero-order chi connectivity index (χ0) is 22.9. The predicted molar refractivity (Wildman–Crippen MR) is 131 cm³/mol. The number of benzene rings is 1. The van der Waals surface area contributed by atoms with E-state index >= 15 is 0 Å². The molecule has 32 heavy (non-hydrogen) atoms. The van der Waals surface area contributed by atoms with Crippen molar-refractivity contribution >= 4 is 17.7 Å². The first-order chi connectivity index (χ1) is 15.4. The zero-order valence-electron chi connectivity index (χ0n) is 19.7. The first kappa shape index (κ1) is 24.5. The molecule has 0 spiro atoms. The van der Waals surface area contributed by atoms with E-state index in [1.54, 1.807) is 23.4 Å². The molecule has 0 radical (unpaired) electrons. The molecule has 0 unspecified atom stereocenters. The molecule has 1 saturated heterocycles. The number of aromatic nitrogens is 2. The van der Waals surface area contributed by atoms with Gasteiger partial charge in [0.1, 0.15) is 0 Å². The first-order valence-corrected chi connectivity index (χ1v) is 12.7. The fraction of sp³-hybridized carbons (Fsp3) is 0.560. The largest absolute Gasteiger partial charge is 0.355 e. The van der Waals surface area contributed by atoms with Gasteiger partial charge >= 0.3 is 0 Å². The maximum absolute atomic E-state index is 12.9. The van der Waals surface area contributed by atoms with Gasteiger partial charge in [-0.1, -0.05) is 48.0 Å². The Balaban J connectivity index is 1.44. The fourth-order valence-corrected chi connectivity index (χ4v) is 5.06. The molecule has 2 aromatic rings. The highest BCUT2D eigenvalue weighted by molar-refractivity contribution is 7.99. The number of hydrogen-bond acceptors (Lipinski definition) is 5. The summed E-state index contributed by atoms with van der Waals surface area (Å²) >= 11 is 1.54. The Morgan fingerprint density at radius 3 is 2.72 bits per heavy atom. The molecule has 0 saturated carbocycles. The van der Waals surface area contributed by atoms with Crippen molar-refractivity contribution in [2.24, 2.45) is 7.05 Å². The molecule has 174 valence electrons. The number of nitrogens with one attached hydrogen (secondary N) is 1. The number of amides is 1. The van der Waals surface area contributed by atoms with Gasteiger partial charge in [0.25, 0.3) is 5.56 Å². The second-order valence-corrected chi connectivity index (χ2v) is 9.75. The Morgan fingerprint density at radius 2 is 1.97 bits per heavy atom. The van der Waals surface area contributed by atoms with Gasteiger partial charge in [-0.2, -0.15) is 0 Å². The molecule has 6 nitrogen and oxygen atoms in total. The molecule has 1 aliphatic heterocycles. The summed E-state index contributed by atoms with van der Waals surface area (Å²) < 4.78 is 1.64. The van der Waals surface area contributed by atoms with E-state index in [1.165, 1.54) is 24.8 Å². The van der Waals surface area contributed by atoms with E-state index in [-0.39, 0.29) is 11.5 Å². The number of carbonyl (C=O) groups is 1. The van der Waals surface area contributed by atoms with Gasteiger partial charge in [0.2, 0.25) is 5.91 Å². The maximum Gasteiger partial charge on any atom is 0.257 e. The Labute approximate surface area is 195 Å². The van der Waals surface area contributed by atoms with Crippen molar-refractivity contribution in [3.63, 3.8) is 0 Å². The van der Waals surface area contributed by atoms with Gasteiger partial charge in [0.05, 0.1) is 0 Å². The molecule has 2 heterocycles. The SMILES string of the molecule is Cc1cccc(Cc2c(C)nc(SCCCC(=O)NCCN3CCCCC3)n(C)c2=O)c1. The van der Waals surface area contributed by atoms with Gasteiger partial charge in [0.15, 0.2) is 5.16 Å². The van der Waals surface area contributed by atoms with Crippen molar-refractivity contribution < 1.29 is 4.79 Å². The number of hydrogen-bond donors (Lipinski definition) is 1. The van der Waals surface area contributed by atoms with Gasteiger partial charge < -0.3 is 10.2 Å². The number of nitrogens with zero attached hydrogens (tertiary/aromatic N) is 3. The Bertz CT molecular complexity index is 967. The van der Waals surface area contributed by atoms with Crippen LogP contribution in [0.2, 0.25) is 0 Å². The van der Waals surface area contributed by atoms with E-state index in [9.17, 15) is 9.59 Å². The summed E-state index contributed by atoms with van der Waals surface area (Å²) in [5, 5.41) is 3.75. The van der Waals surface area contributed by atoms with Crippen LogP contribution >= 0.6 is 11.8 Å². The molecule has 3 rings (SSSR count). The molecular weight excluding hydrogens is 420 g/mol. The molecule has 7 heteroatoms. The lowest BCUT2D eigenvalue weighted by Crippen LogP contribution is -2.37. The Hall–Kier alpha value is -2.12. The number of aryl methyl sites for hydroxylation is 2. The van der Waals surface area contributed by atoms with Crippen LogP contribution in [0.1, 0.15) is 54.5 Å². The predicted octanol–water partition coefficient (Wildman–Crippen LogP) is 3.46. The minimum absolute atomic E-state index is 0.0111. The summed E-state index contributed by atoms with van der Waals surface area (Å²) in [5.74, 6) is 0.866. The van der Waals surface area contributed by atoms with Crippen molar-refractivity contribution in [1.82, 2.24) is 19.8 Å². The second-order valence-electron chi connectivity index (χ2n) is 8.69. The molecule has 0 bridgehead atoms. The summed E-state index contributed by atoms with van der Waals surface area (Å²) in [6, 6.07) is 8.23. The van der Waals surface area contributed by atoms with Crippen molar-refractivity contribution in [3.8, 4) is 0 Å². The van der Waals surface area contributed by atoms with Crippen molar-refractivity contribution in [2.75, 3.05) is 31.9 Å². The molecule has 0 aliphatic carbocycles. The summed E-state index contributed by atoms with van der Waals surface area (Å²) in [5.41, 5.74) is 3.85. The number of thioether (sulfide) groups is 1. The average Bonchev–Trinajstić information content (AvgIpc) is 2.78. The lowest BCUT2D eigenvalue weighted by atomic mass is 10.0. The van der Waals surface area contributed by atoms with Gasteiger partial charge in [-0.05, 0) is 51.8 Å². The van der Waals surface area contributed by atoms with Crippen LogP contribution in [-0.2, 0) is 18.3 Å². The highest BCUT2D eigenvalue weighted by Crippen LogP contribution is 2.18. The second kappa shape index (κ2) is 12.2. The van der Waals surface area contributed by atoms with E-state index in [4.69, 9.17) is 0 Å². The summed E-state index contributed by atoms with van der Waals surface area (Å²) in [7, 11) is 1.78. The molecule has 1 N–H and O–H groups in total. The van der Waals surface area contributed by atoms with Crippen molar-refractivity contribution in [2.45, 2.75) is 57.5 Å².